The van der Waals surface area contributed by atoms with E-state index in [1.165, 1.54) is 14.8 Å². The van der Waals surface area contributed by atoms with Crippen LogP contribution in [0.25, 0.3) is 16.8 Å². The highest BCUT2D eigenvalue weighted by Gasteiger charge is 2.30. The molecule has 1 aromatic heterocycles. The Kier molecular flexibility index (Phi) is 9.35. The molecule has 13 heteroatoms. The van der Waals surface area contributed by atoms with E-state index < -0.39 is 20.0 Å². The normalized spacial score (nSPS) is 18.9. The second kappa shape index (κ2) is 13.0. The third kappa shape index (κ3) is 6.26. The van der Waals surface area contributed by atoms with Crippen LogP contribution in [0.2, 0.25) is 0 Å². The Balaban J connectivity index is 0.000000168. The molecule has 3 aromatic rings. The molecule has 2 saturated heterocycles. The Labute approximate surface area is 245 Å². The number of ketones is 1. The van der Waals surface area contributed by atoms with E-state index in [1.807, 2.05) is 0 Å². The number of aromatic amines is 1. The number of fused-ring (bicyclic) bond motifs is 2. The lowest BCUT2D eigenvalue weighted by Gasteiger charge is -2.22. The summed E-state index contributed by atoms with van der Waals surface area (Å²) in [6.07, 6.45) is 6.87. The molecular weight excluding hydrogens is 578 g/mol. The number of nitrogens with one attached hydrogen (secondary N) is 3. The van der Waals surface area contributed by atoms with E-state index >= 15 is 0 Å². The Morgan fingerprint density at radius 1 is 0.667 bits per heavy atom. The Hall–Kier alpha value is -3.20. The number of benzene rings is 2. The Bertz CT molecular complexity index is 1750. The van der Waals surface area contributed by atoms with Crippen LogP contribution < -0.4 is 16.2 Å². The summed E-state index contributed by atoms with van der Waals surface area (Å²) in [5.74, 6) is -0.0258. The maximum atomic E-state index is 12.9. The van der Waals surface area contributed by atoms with E-state index in [-0.39, 0.29) is 21.1 Å². The SMILES string of the molecule is O=C1CC=Cc2c1cccc2S(=O)(=O)N1CCCNCC1.O=c1[nH]ccc2c(S(=O)(=O)N3CCCNCC3)cccc12. The molecule has 0 atom stereocenters. The van der Waals surface area contributed by atoms with Crippen LogP contribution >= 0.6 is 0 Å². The maximum Gasteiger partial charge on any atom is 0.255 e. The molecule has 1 aliphatic carbocycles. The van der Waals surface area contributed by atoms with Gasteiger partial charge in [-0.2, -0.15) is 8.61 Å². The number of hydrogen-bond acceptors (Lipinski definition) is 8. The molecule has 3 aliphatic rings. The lowest BCUT2D eigenvalue weighted by molar-refractivity contribution is 0.0994. The molecular formula is C29H35N5O6S2. The van der Waals surface area contributed by atoms with Gasteiger partial charge in [0.05, 0.1) is 9.79 Å². The average molecular weight is 614 g/mol. The van der Waals surface area contributed by atoms with Crippen LogP contribution in [0.5, 0.6) is 0 Å². The van der Waals surface area contributed by atoms with E-state index in [9.17, 15) is 26.4 Å². The van der Waals surface area contributed by atoms with E-state index in [0.717, 1.165) is 25.9 Å². The smallest absolute Gasteiger partial charge is 0.255 e. The van der Waals surface area contributed by atoms with Gasteiger partial charge < -0.3 is 15.6 Å². The number of aromatic nitrogens is 1. The molecule has 6 rings (SSSR count). The van der Waals surface area contributed by atoms with E-state index in [2.05, 4.69) is 15.6 Å². The molecule has 2 fully saturated rings. The van der Waals surface area contributed by atoms with Crippen molar-refractivity contribution in [2.45, 2.75) is 29.1 Å². The predicted octanol–water partition coefficient (Wildman–Crippen LogP) is 1.78. The highest BCUT2D eigenvalue weighted by atomic mass is 32.2. The molecule has 0 saturated carbocycles. The van der Waals surface area contributed by atoms with Crippen molar-refractivity contribution in [2.24, 2.45) is 0 Å². The Morgan fingerprint density at radius 3 is 1.98 bits per heavy atom. The number of allylic oxidation sites excluding steroid dienone is 1. The number of carbonyl (C=O) groups is 1. The minimum absolute atomic E-state index is 0.0258. The number of hydrogen-bond donors (Lipinski definition) is 3. The van der Waals surface area contributed by atoms with Crippen molar-refractivity contribution in [1.82, 2.24) is 24.2 Å². The van der Waals surface area contributed by atoms with Gasteiger partial charge in [0.15, 0.2) is 5.78 Å². The molecule has 3 heterocycles. The van der Waals surface area contributed by atoms with Crippen molar-refractivity contribution in [2.75, 3.05) is 52.4 Å². The van der Waals surface area contributed by atoms with Crippen LogP contribution in [0, 0.1) is 0 Å². The van der Waals surface area contributed by atoms with Gasteiger partial charge in [0.1, 0.15) is 0 Å². The van der Waals surface area contributed by atoms with Crippen molar-refractivity contribution in [3.63, 3.8) is 0 Å². The van der Waals surface area contributed by atoms with Gasteiger partial charge in [-0.25, -0.2) is 16.8 Å². The minimum atomic E-state index is -3.59. The van der Waals surface area contributed by atoms with Gasteiger partial charge in [0.2, 0.25) is 20.0 Å². The van der Waals surface area contributed by atoms with Gasteiger partial charge in [-0.3, -0.25) is 9.59 Å². The first kappa shape index (κ1) is 30.3. The van der Waals surface area contributed by atoms with Crippen molar-refractivity contribution >= 4 is 42.7 Å². The summed E-state index contributed by atoms with van der Waals surface area (Å²) in [4.78, 5) is 26.8. The summed E-state index contributed by atoms with van der Waals surface area (Å²) < 4.78 is 54.4. The number of H-pyrrole nitrogens is 1. The number of nitrogens with zero attached hydrogens (tertiary/aromatic N) is 2. The van der Waals surface area contributed by atoms with E-state index in [4.69, 9.17) is 0 Å². The summed E-state index contributed by atoms with van der Waals surface area (Å²) in [6, 6.07) is 11.4. The van der Waals surface area contributed by atoms with Crippen molar-refractivity contribution in [3.8, 4) is 0 Å². The predicted molar refractivity (Wildman–Crippen MR) is 161 cm³/mol. The van der Waals surface area contributed by atoms with Crippen LogP contribution in [0.4, 0.5) is 0 Å². The second-order valence-corrected chi connectivity index (χ2v) is 14.1. The second-order valence-electron chi connectivity index (χ2n) is 10.3. The van der Waals surface area contributed by atoms with Crippen LogP contribution in [0.3, 0.4) is 0 Å². The topological polar surface area (TPSA) is 149 Å². The van der Waals surface area contributed by atoms with E-state index in [1.54, 1.807) is 54.6 Å². The zero-order valence-electron chi connectivity index (χ0n) is 23.2. The fourth-order valence-electron chi connectivity index (χ4n) is 5.40. The molecule has 0 spiro atoms. The number of Topliss-reactive ketones (excluding diaryl/α,β-unsaturated/α-hetero) is 1. The molecule has 2 aliphatic heterocycles. The summed E-state index contributed by atoms with van der Waals surface area (Å²) in [6.45, 7) is 4.86. The number of rotatable bonds is 4. The van der Waals surface area contributed by atoms with Crippen molar-refractivity contribution in [3.05, 3.63) is 76.2 Å². The van der Waals surface area contributed by atoms with Crippen LogP contribution in [-0.4, -0.2) is 88.6 Å². The monoisotopic (exact) mass is 613 g/mol. The molecule has 224 valence electrons. The summed E-state index contributed by atoms with van der Waals surface area (Å²) in [7, 11) is -7.15. The first-order valence-electron chi connectivity index (χ1n) is 14.1. The molecule has 0 amide bonds. The molecule has 0 radical (unpaired) electrons. The zero-order chi connectivity index (χ0) is 29.7. The van der Waals surface area contributed by atoms with Crippen LogP contribution in [0.1, 0.15) is 35.2 Å². The number of sulfonamides is 2. The zero-order valence-corrected chi connectivity index (χ0v) is 24.8. The van der Waals surface area contributed by atoms with Gasteiger partial charge in [0.25, 0.3) is 5.56 Å². The first-order valence-corrected chi connectivity index (χ1v) is 16.9. The number of pyridine rings is 1. The van der Waals surface area contributed by atoms with Gasteiger partial charge in [-0.1, -0.05) is 30.4 Å². The highest BCUT2D eigenvalue weighted by molar-refractivity contribution is 7.89. The first-order chi connectivity index (χ1) is 20.2. The molecule has 0 unspecified atom stereocenters. The molecule has 42 heavy (non-hydrogen) atoms. The summed E-state index contributed by atoms with van der Waals surface area (Å²) >= 11 is 0. The summed E-state index contributed by atoms with van der Waals surface area (Å²) in [5.41, 5.74) is 0.763. The number of carbonyl (C=O) groups excluding carboxylic acids is 1. The maximum absolute atomic E-state index is 12.9. The fraction of sp³-hybridized carbons (Fsp3) is 0.379. The highest BCUT2D eigenvalue weighted by Crippen LogP contribution is 2.29. The van der Waals surface area contributed by atoms with Crippen molar-refractivity contribution in [1.29, 1.82) is 0 Å². The average Bonchev–Trinajstić information content (AvgIpc) is 3.44. The molecule has 3 N–H and O–H groups in total. The van der Waals surface area contributed by atoms with Crippen LogP contribution in [0.15, 0.2) is 69.3 Å². The lowest BCUT2D eigenvalue weighted by atomic mass is 9.96. The van der Waals surface area contributed by atoms with Crippen molar-refractivity contribution < 1.29 is 21.6 Å². The van der Waals surface area contributed by atoms with Gasteiger partial charge in [-0.05, 0) is 50.2 Å². The largest absolute Gasteiger partial charge is 0.329 e. The molecule has 11 nitrogen and oxygen atoms in total. The molecule has 2 aromatic carbocycles. The minimum Gasteiger partial charge on any atom is -0.329 e. The quantitative estimate of drug-likeness (QED) is 0.403. The fourth-order valence-corrected chi connectivity index (χ4v) is 8.77. The van der Waals surface area contributed by atoms with Gasteiger partial charge in [0, 0.05) is 73.8 Å². The van der Waals surface area contributed by atoms with E-state index in [0.29, 0.717) is 67.6 Å². The van der Waals surface area contributed by atoms with Gasteiger partial charge in [-0.15, -0.1) is 0 Å². The summed E-state index contributed by atoms with van der Waals surface area (Å²) in [5, 5.41) is 7.25. The Morgan fingerprint density at radius 2 is 1.29 bits per heavy atom. The molecule has 0 bridgehead atoms. The lowest BCUT2D eigenvalue weighted by Crippen LogP contribution is -2.34. The third-order valence-electron chi connectivity index (χ3n) is 7.56. The third-order valence-corrected chi connectivity index (χ3v) is 11.5. The standard InChI is InChI=1S/C15H18N2O3S.C14H17N3O3S/c18-14-6-1-5-13-12(14)4-2-7-15(13)21(19,20)17-10-3-8-16-9-11-17;18-14-12-3-1-4-13(11(12)5-7-16-14)21(19,20)17-9-2-6-15-8-10-17/h1-2,4-5,7,16H,3,6,8-11H2;1,3-5,7,15H,2,6,8-10H2,(H,16,18). The van der Waals surface area contributed by atoms with Gasteiger partial charge >= 0.3 is 0 Å². The van der Waals surface area contributed by atoms with Crippen LogP contribution in [-0.2, 0) is 20.0 Å².